The van der Waals surface area contributed by atoms with Crippen LogP contribution in [0.15, 0.2) is 0 Å². The van der Waals surface area contributed by atoms with Crippen molar-refractivity contribution in [2.45, 2.75) is 65.8 Å². The van der Waals surface area contributed by atoms with Crippen LogP contribution in [-0.4, -0.2) is 9.55 Å². The number of unbranched alkanes of at least 4 members (excludes halogenated alkanes) is 1. The summed E-state index contributed by atoms with van der Waals surface area (Å²) in [6.45, 7) is 11.8. The summed E-state index contributed by atoms with van der Waals surface area (Å²) in [6.07, 6.45) is 3.34. The van der Waals surface area contributed by atoms with Gasteiger partial charge in [0.25, 0.3) is 0 Å². The molecule has 1 rings (SSSR count). The van der Waals surface area contributed by atoms with Crippen molar-refractivity contribution in [2.24, 2.45) is 0 Å². The predicted octanol–water partition coefficient (Wildman–Crippen LogP) is 3.13. The molecule has 0 amide bonds. The third-order valence-electron chi connectivity index (χ3n) is 2.84. The smallest absolute Gasteiger partial charge is 0.126 e. The van der Waals surface area contributed by atoms with Gasteiger partial charge in [-0.05, 0) is 19.8 Å². The average molecular weight is 223 g/mol. The average Bonchev–Trinajstić information content (AvgIpc) is 2.51. The van der Waals surface area contributed by atoms with E-state index in [0.717, 1.165) is 36.7 Å². The largest absolute Gasteiger partial charge is 0.384 e. The van der Waals surface area contributed by atoms with Crippen molar-refractivity contribution in [3.8, 4) is 0 Å². The van der Waals surface area contributed by atoms with E-state index in [0.29, 0.717) is 0 Å². The van der Waals surface area contributed by atoms with Gasteiger partial charge in [0.2, 0.25) is 0 Å². The zero-order valence-electron chi connectivity index (χ0n) is 11.3. The Bertz CT molecular complexity index is 345. The van der Waals surface area contributed by atoms with E-state index in [1.807, 2.05) is 0 Å². The summed E-state index contributed by atoms with van der Waals surface area (Å²) in [7, 11) is 0. The number of aromatic nitrogens is 2. The van der Waals surface area contributed by atoms with Crippen LogP contribution < -0.4 is 5.73 Å². The van der Waals surface area contributed by atoms with Crippen LogP contribution >= 0.6 is 0 Å². The Morgan fingerprint density at radius 3 is 2.25 bits per heavy atom. The van der Waals surface area contributed by atoms with E-state index in [-0.39, 0.29) is 5.41 Å². The summed E-state index contributed by atoms with van der Waals surface area (Å²) in [6, 6.07) is 0. The van der Waals surface area contributed by atoms with Crippen molar-refractivity contribution in [1.82, 2.24) is 9.55 Å². The van der Waals surface area contributed by atoms with E-state index >= 15 is 0 Å². The summed E-state index contributed by atoms with van der Waals surface area (Å²) in [5, 5.41) is 0. The molecule has 0 fully saturated rings. The molecule has 0 atom stereocenters. The summed E-state index contributed by atoms with van der Waals surface area (Å²) in [5.74, 6) is 1.97. The van der Waals surface area contributed by atoms with Crippen LogP contribution in [0.1, 0.15) is 59.0 Å². The fourth-order valence-corrected chi connectivity index (χ4v) is 1.94. The van der Waals surface area contributed by atoms with E-state index in [1.54, 1.807) is 0 Å². The van der Waals surface area contributed by atoms with Crippen LogP contribution in [0.4, 0.5) is 5.82 Å². The molecule has 0 aliphatic carbocycles. The highest BCUT2D eigenvalue weighted by molar-refractivity contribution is 5.39. The Labute approximate surface area is 99.1 Å². The minimum Gasteiger partial charge on any atom is -0.384 e. The molecule has 1 heterocycles. The van der Waals surface area contributed by atoms with Gasteiger partial charge in [-0.3, -0.25) is 0 Å². The number of hydrogen-bond acceptors (Lipinski definition) is 2. The fraction of sp³-hybridized carbons (Fsp3) is 0.769. The molecule has 16 heavy (non-hydrogen) atoms. The number of nitrogen functional groups attached to an aromatic ring is 1. The zero-order valence-corrected chi connectivity index (χ0v) is 11.3. The van der Waals surface area contributed by atoms with Gasteiger partial charge in [0, 0.05) is 12.0 Å². The highest BCUT2D eigenvalue weighted by Crippen LogP contribution is 2.26. The second kappa shape index (κ2) is 4.89. The molecule has 0 saturated heterocycles. The molecule has 0 radical (unpaired) electrons. The van der Waals surface area contributed by atoms with Gasteiger partial charge >= 0.3 is 0 Å². The maximum absolute atomic E-state index is 6.15. The second-order valence-electron chi connectivity index (χ2n) is 5.37. The third-order valence-corrected chi connectivity index (χ3v) is 2.84. The van der Waals surface area contributed by atoms with E-state index in [1.165, 1.54) is 6.42 Å². The monoisotopic (exact) mass is 223 g/mol. The van der Waals surface area contributed by atoms with E-state index in [4.69, 9.17) is 10.7 Å². The summed E-state index contributed by atoms with van der Waals surface area (Å²) in [4.78, 5) is 4.73. The van der Waals surface area contributed by atoms with E-state index in [9.17, 15) is 0 Å². The van der Waals surface area contributed by atoms with Crippen molar-refractivity contribution >= 4 is 5.82 Å². The standard InChI is InChI=1S/C13H25N3/c1-6-8-9-10-11(14)16(7-2)12(15-10)13(3,4)5/h6-9,14H2,1-5H3. The fourth-order valence-electron chi connectivity index (χ4n) is 1.94. The molecule has 92 valence electrons. The minimum absolute atomic E-state index is 0.0641. The topological polar surface area (TPSA) is 43.8 Å². The predicted molar refractivity (Wildman–Crippen MR) is 69.6 cm³/mol. The third kappa shape index (κ3) is 2.57. The van der Waals surface area contributed by atoms with E-state index in [2.05, 4.69) is 39.2 Å². The van der Waals surface area contributed by atoms with Crippen LogP contribution in [0, 0.1) is 0 Å². The minimum atomic E-state index is 0.0641. The quantitative estimate of drug-likeness (QED) is 0.852. The second-order valence-corrected chi connectivity index (χ2v) is 5.37. The van der Waals surface area contributed by atoms with Crippen LogP contribution in [0.5, 0.6) is 0 Å². The normalized spacial score (nSPS) is 12.1. The molecule has 3 heteroatoms. The molecule has 0 unspecified atom stereocenters. The van der Waals surface area contributed by atoms with Crippen molar-refractivity contribution in [2.75, 3.05) is 5.73 Å². The van der Waals surface area contributed by atoms with Crippen molar-refractivity contribution in [1.29, 1.82) is 0 Å². The van der Waals surface area contributed by atoms with Crippen LogP contribution in [0.2, 0.25) is 0 Å². The van der Waals surface area contributed by atoms with Gasteiger partial charge in [0.05, 0.1) is 5.69 Å². The number of aryl methyl sites for hydroxylation is 1. The molecular formula is C13H25N3. The van der Waals surface area contributed by atoms with Crippen LogP contribution in [0.25, 0.3) is 0 Å². The van der Waals surface area contributed by atoms with Gasteiger partial charge in [-0.15, -0.1) is 0 Å². The lowest BCUT2D eigenvalue weighted by atomic mass is 9.96. The lowest BCUT2D eigenvalue weighted by molar-refractivity contribution is 0.508. The van der Waals surface area contributed by atoms with Gasteiger partial charge in [-0.25, -0.2) is 4.98 Å². The molecule has 0 bridgehead atoms. The highest BCUT2D eigenvalue weighted by atomic mass is 15.1. The highest BCUT2D eigenvalue weighted by Gasteiger charge is 2.23. The first-order valence-corrected chi connectivity index (χ1v) is 6.27. The Morgan fingerprint density at radius 1 is 1.25 bits per heavy atom. The lowest BCUT2D eigenvalue weighted by Gasteiger charge is -2.19. The van der Waals surface area contributed by atoms with Crippen molar-refractivity contribution in [3.63, 3.8) is 0 Å². The first kappa shape index (κ1) is 13.1. The van der Waals surface area contributed by atoms with Gasteiger partial charge in [0.15, 0.2) is 0 Å². The maximum Gasteiger partial charge on any atom is 0.126 e. The van der Waals surface area contributed by atoms with Gasteiger partial charge in [-0.2, -0.15) is 0 Å². The van der Waals surface area contributed by atoms with Crippen molar-refractivity contribution in [3.05, 3.63) is 11.5 Å². The van der Waals surface area contributed by atoms with Crippen LogP contribution in [-0.2, 0) is 18.4 Å². The molecular weight excluding hydrogens is 198 g/mol. The summed E-state index contributed by atoms with van der Waals surface area (Å²) >= 11 is 0. The molecule has 0 saturated carbocycles. The maximum atomic E-state index is 6.15. The zero-order chi connectivity index (χ0) is 12.3. The first-order chi connectivity index (χ1) is 7.41. The van der Waals surface area contributed by atoms with Gasteiger partial charge in [0.1, 0.15) is 11.6 Å². The Kier molecular flexibility index (Phi) is 4.00. The Morgan fingerprint density at radius 2 is 1.88 bits per heavy atom. The van der Waals surface area contributed by atoms with Crippen molar-refractivity contribution < 1.29 is 0 Å². The lowest BCUT2D eigenvalue weighted by Crippen LogP contribution is -2.19. The Hall–Kier alpha value is -0.990. The molecule has 2 N–H and O–H groups in total. The summed E-state index contributed by atoms with van der Waals surface area (Å²) in [5.41, 5.74) is 7.29. The number of hydrogen-bond donors (Lipinski definition) is 1. The molecule has 1 aromatic rings. The van der Waals surface area contributed by atoms with Crippen LogP contribution in [0.3, 0.4) is 0 Å². The molecule has 0 aliphatic heterocycles. The molecule has 3 nitrogen and oxygen atoms in total. The Balaban J connectivity index is 3.10. The van der Waals surface area contributed by atoms with Gasteiger partial charge < -0.3 is 10.3 Å². The SMILES string of the molecule is CCCCc1nc(C(C)(C)C)n(CC)c1N. The number of imidazole rings is 1. The molecule has 0 aromatic carbocycles. The van der Waals surface area contributed by atoms with E-state index < -0.39 is 0 Å². The number of anilines is 1. The molecule has 0 spiro atoms. The molecule has 1 aromatic heterocycles. The molecule has 0 aliphatic rings. The number of nitrogens with two attached hydrogens (primary N) is 1. The number of nitrogens with zero attached hydrogens (tertiary/aromatic N) is 2. The summed E-state index contributed by atoms with van der Waals surface area (Å²) < 4.78 is 2.14. The number of rotatable bonds is 4. The first-order valence-electron chi connectivity index (χ1n) is 6.27. The van der Waals surface area contributed by atoms with Gasteiger partial charge in [-0.1, -0.05) is 34.1 Å².